The van der Waals surface area contributed by atoms with Gasteiger partial charge in [-0.2, -0.15) is 0 Å². The molecule has 26 heavy (non-hydrogen) atoms. The van der Waals surface area contributed by atoms with Gasteiger partial charge in [-0.05, 0) is 43.4 Å². The van der Waals surface area contributed by atoms with Crippen LogP contribution in [0.15, 0.2) is 24.3 Å². The average Bonchev–Trinajstić information content (AvgIpc) is 3.17. The zero-order valence-corrected chi connectivity index (χ0v) is 15.3. The average molecular weight is 360 g/mol. The number of carbonyl (C=O) groups excluding carboxylic acids is 1. The first-order valence-corrected chi connectivity index (χ1v) is 9.55. The first kappa shape index (κ1) is 18.7. The van der Waals surface area contributed by atoms with Crippen LogP contribution < -0.4 is 10.1 Å². The van der Waals surface area contributed by atoms with E-state index >= 15 is 0 Å². The largest absolute Gasteiger partial charge is 0.494 e. The van der Waals surface area contributed by atoms with Crippen molar-refractivity contribution >= 4 is 11.9 Å². The first-order valence-electron chi connectivity index (χ1n) is 9.55. The fourth-order valence-electron chi connectivity index (χ4n) is 4.12. The van der Waals surface area contributed by atoms with Crippen molar-refractivity contribution in [3.63, 3.8) is 0 Å². The van der Waals surface area contributed by atoms with Crippen molar-refractivity contribution in [3.05, 3.63) is 29.8 Å². The fourth-order valence-corrected chi connectivity index (χ4v) is 4.12. The van der Waals surface area contributed by atoms with E-state index in [0.717, 1.165) is 37.0 Å². The summed E-state index contributed by atoms with van der Waals surface area (Å²) in [5, 5.41) is 12.3. The Morgan fingerprint density at radius 2 is 2.19 bits per heavy atom. The molecule has 3 atom stereocenters. The Morgan fingerprint density at radius 1 is 1.35 bits per heavy atom. The number of carboxylic acid groups (broad SMARTS) is 1. The Morgan fingerprint density at radius 3 is 2.92 bits per heavy atom. The maximum atomic E-state index is 12.3. The van der Waals surface area contributed by atoms with Crippen molar-refractivity contribution in [2.75, 3.05) is 13.2 Å². The number of nitrogens with one attached hydrogen (secondary N) is 1. The number of benzene rings is 1. The van der Waals surface area contributed by atoms with Gasteiger partial charge in [0.05, 0.1) is 19.1 Å². The number of amides is 1. The molecule has 0 aromatic heterocycles. The van der Waals surface area contributed by atoms with Crippen LogP contribution in [0.5, 0.6) is 5.75 Å². The molecule has 2 aliphatic heterocycles. The summed E-state index contributed by atoms with van der Waals surface area (Å²) in [7, 11) is 0. The van der Waals surface area contributed by atoms with Gasteiger partial charge in [0.15, 0.2) is 0 Å². The molecule has 0 saturated carbocycles. The minimum Gasteiger partial charge on any atom is -0.494 e. The second-order valence-electron chi connectivity index (χ2n) is 7.28. The van der Waals surface area contributed by atoms with Crippen LogP contribution in [0.2, 0.25) is 0 Å². The molecular weight excluding hydrogens is 332 g/mol. The molecule has 1 aromatic rings. The van der Waals surface area contributed by atoms with Gasteiger partial charge in [-0.15, -0.1) is 0 Å². The number of fused-ring (bicyclic) bond motifs is 2. The predicted octanol–water partition coefficient (Wildman–Crippen LogP) is 2.42. The van der Waals surface area contributed by atoms with E-state index in [9.17, 15) is 14.7 Å². The van der Waals surface area contributed by atoms with Gasteiger partial charge in [-0.25, -0.2) is 0 Å². The molecule has 1 amide bonds. The Labute approximate surface area is 154 Å². The van der Waals surface area contributed by atoms with Crippen molar-refractivity contribution in [2.45, 2.75) is 57.7 Å². The van der Waals surface area contributed by atoms with Crippen LogP contribution in [0.3, 0.4) is 0 Å². The van der Waals surface area contributed by atoms with Crippen LogP contribution >= 0.6 is 0 Å². The van der Waals surface area contributed by atoms with E-state index in [1.165, 1.54) is 0 Å². The molecule has 0 aliphatic carbocycles. The number of hydrogen-bond donors (Lipinski definition) is 2. The van der Waals surface area contributed by atoms with Crippen LogP contribution in [0, 0.1) is 5.92 Å². The molecule has 142 valence electrons. The molecule has 6 heteroatoms. The molecule has 6 nitrogen and oxygen atoms in total. The highest BCUT2D eigenvalue weighted by Crippen LogP contribution is 2.41. The van der Waals surface area contributed by atoms with Crippen LogP contribution in [-0.2, 0) is 16.1 Å². The van der Waals surface area contributed by atoms with Gasteiger partial charge in [0.2, 0.25) is 5.91 Å². The number of carboxylic acids is 1. The van der Waals surface area contributed by atoms with Crippen LogP contribution in [0.1, 0.15) is 44.6 Å². The lowest BCUT2D eigenvalue weighted by molar-refractivity contribution is -0.143. The summed E-state index contributed by atoms with van der Waals surface area (Å²) in [6.07, 6.45) is 4.67. The quantitative estimate of drug-likeness (QED) is 0.661. The lowest BCUT2D eigenvalue weighted by Gasteiger charge is -2.22. The van der Waals surface area contributed by atoms with E-state index in [1.807, 2.05) is 24.3 Å². The summed E-state index contributed by atoms with van der Waals surface area (Å²) in [4.78, 5) is 25.7. The highest BCUT2D eigenvalue weighted by Gasteiger charge is 2.49. The zero-order chi connectivity index (χ0) is 18.5. The van der Waals surface area contributed by atoms with Gasteiger partial charge >= 0.3 is 5.97 Å². The summed E-state index contributed by atoms with van der Waals surface area (Å²) >= 11 is 0. The fraction of sp³-hybridized carbons (Fsp3) is 0.600. The molecule has 2 aliphatic rings. The van der Waals surface area contributed by atoms with E-state index in [1.54, 1.807) is 0 Å². The van der Waals surface area contributed by atoms with Gasteiger partial charge in [-0.3, -0.25) is 14.5 Å². The summed E-state index contributed by atoms with van der Waals surface area (Å²) in [5.74, 6) is -0.279. The number of rotatable bonds is 9. The predicted molar refractivity (Wildman–Crippen MR) is 98.0 cm³/mol. The maximum absolute atomic E-state index is 12.3. The Balaban J connectivity index is 1.47. The van der Waals surface area contributed by atoms with E-state index in [0.29, 0.717) is 19.6 Å². The van der Waals surface area contributed by atoms with Gasteiger partial charge in [-0.1, -0.05) is 25.5 Å². The topological polar surface area (TPSA) is 78.9 Å². The van der Waals surface area contributed by atoms with Crippen LogP contribution in [0.25, 0.3) is 0 Å². The molecule has 3 unspecified atom stereocenters. The van der Waals surface area contributed by atoms with E-state index in [-0.39, 0.29) is 30.5 Å². The molecule has 0 radical (unpaired) electrons. The summed E-state index contributed by atoms with van der Waals surface area (Å²) in [6.45, 7) is 3.57. The van der Waals surface area contributed by atoms with Crippen molar-refractivity contribution < 1.29 is 19.4 Å². The van der Waals surface area contributed by atoms with Gasteiger partial charge < -0.3 is 15.2 Å². The summed E-state index contributed by atoms with van der Waals surface area (Å²) in [6, 6.07) is 8.03. The van der Waals surface area contributed by atoms with Gasteiger partial charge in [0, 0.05) is 18.6 Å². The molecule has 2 saturated heterocycles. The SMILES string of the molecule is CCCCOc1cccc(CNC(=O)CN2C3CCC2C(C(=O)O)C3)c1. The highest BCUT2D eigenvalue weighted by molar-refractivity contribution is 5.78. The third-order valence-electron chi connectivity index (χ3n) is 5.48. The lowest BCUT2D eigenvalue weighted by atomic mass is 9.89. The summed E-state index contributed by atoms with van der Waals surface area (Å²) < 4.78 is 5.70. The van der Waals surface area contributed by atoms with Crippen LogP contribution in [-0.4, -0.2) is 47.1 Å². The number of carbonyl (C=O) groups is 2. The van der Waals surface area contributed by atoms with Crippen molar-refractivity contribution in [2.24, 2.45) is 5.92 Å². The number of unbranched alkanes of at least 4 members (excludes halogenated alkanes) is 1. The molecule has 2 heterocycles. The molecule has 3 rings (SSSR count). The van der Waals surface area contributed by atoms with Crippen LogP contribution in [0.4, 0.5) is 0 Å². The Bertz CT molecular complexity index is 648. The third kappa shape index (κ3) is 4.36. The smallest absolute Gasteiger partial charge is 0.308 e. The first-order chi connectivity index (χ1) is 12.6. The number of aliphatic carboxylic acids is 1. The maximum Gasteiger partial charge on any atom is 0.308 e. The van der Waals surface area contributed by atoms with E-state index < -0.39 is 5.97 Å². The van der Waals surface area contributed by atoms with E-state index in [4.69, 9.17) is 4.74 Å². The molecule has 2 bridgehead atoms. The minimum atomic E-state index is -0.734. The minimum absolute atomic E-state index is 0.0125. The Kier molecular flexibility index (Phi) is 6.14. The van der Waals surface area contributed by atoms with Gasteiger partial charge in [0.25, 0.3) is 0 Å². The number of hydrogen-bond acceptors (Lipinski definition) is 4. The Hall–Kier alpha value is -2.08. The number of ether oxygens (including phenoxy) is 1. The highest BCUT2D eigenvalue weighted by atomic mass is 16.5. The third-order valence-corrected chi connectivity index (χ3v) is 5.48. The monoisotopic (exact) mass is 360 g/mol. The molecule has 0 spiro atoms. The van der Waals surface area contributed by atoms with Crippen molar-refractivity contribution in [1.29, 1.82) is 0 Å². The van der Waals surface area contributed by atoms with Crippen molar-refractivity contribution in [3.8, 4) is 5.75 Å². The lowest BCUT2D eigenvalue weighted by Crippen LogP contribution is -2.41. The second-order valence-corrected chi connectivity index (χ2v) is 7.28. The summed E-state index contributed by atoms with van der Waals surface area (Å²) in [5.41, 5.74) is 1.00. The molecule has 1 aromatic carbocycles. The molecule has 2 N–H and O–H groups in total. The van der Waals surface area contributed by atoms with Gasteiger partial charge in [0.1, 0.15) is 5.75 Å². The van der Waals surface area contributed by atoms with E-state index in [2.05, 4.69) is 17.1 Å². The standard InChI is InChI=1S/C20H28N2O4/c1-2-3-9-26-16-6-4-5-14(10-16)12-21-19(23)13-22-15-7-8-18(22)17(11-15)20(24)25/h4-6,10,15,17-18H,2-3,7-9,11-13H2,1H3,(H,21,23)(H,24,25). The number of nitrogens with zero attached hydrogens (tertiary/aromatic N) is 1. The molecule has 2 fully saturated rings. The normalized spacial score (nSPS) is 24.6. The molecular formula is C20H28N2O4. The zero-order valence-electron chi connectivity index (χ0n) is 15.3. The second kappa shape index (κ2) is 8.54. The van der Waals surface area contributed by atoms with Crippen molar-refractivity contribution in [1.82, 2.24) is 10.2 Å².